The molecule has 0 N–H and O–H groups in total. The fourth-order valence-corrected chi connectivity index (χ4v) is 5.21. The van der Waals surface area contributed by atoms with Gasteiger partial charge in [-0.05, 0) is 72.5 Å². The van der Waals surface area contributed by atoms with Gasteiger partial charge in [-0.1, -0.05) is 22.0 Å². The Kier molecular flexibility index (Phi) is 6.93. The van der Waals surface area contributed by atoms with Crippen LogP contribution in [0.15, 0.2) is 74.3 Å². The van der Waals surface area contributed by atoms with Gasteiger partial charge in [0.15, 0.2) is 11.5 Å². The van der Waals surface area contributed by atoms with Crippen molar-refractivity contribution in [1.29, 1.82) is 0 Å². The van der Waals surface area contributed by atoms with Crippen LogP contribution in [0.2, 0.25) is 0 Å². The highest BCUT2D eigenvalue weighted by molar-refractivity contribution is 9.10. The smallest absolute Gasteiger partial charge is 0.336 e. The van der Waals surface area contributed by atoms with Crippen LogP contribution in [-0.2, 0) is 6.42 Å². The van der Waals surface area contributed by atoms with E-state index in [0.29, 0.717) is 41.4 Å². The van der Waals surface area contributed by atoms with E-state index in [1.54, 1.807) is 20.3 Å². The van der Waals surface area contributed by atoms with E-state index in [2.05, 4.69) is 15.9 Å². The first kappa shape index (κ1) is 24.9. The second-order valence-electron chi connectivity index (χ2n) is 8.90. The summed E-state index contributed by atoms with van der Waals surface area (Å²) < 4.78 is 23.5. The molecule has 0 bridgehead atoms. The first-order valence-electron chi connectivity index (χ1n) is 11.9. The minimum atomic E-state index is -0.407. The van der Waals surface area contributed by atoms with Crippen LogP contribution in [0.25, 0.3) is 11.0 Å². The number of hydrogen-bond acceptors (Lipinski definition) is 6. The molecule has 1 amide bonds. The Morgan fingerprint density at radius 1 is 1.05 bits per heavy atom. The summed E-state index contributed by atoms with van der Waals surface area (Å²) in [5.41, 5.74) is 3.49. The number of amides is 1. The van der Waals surface area contributed by atoms with E-state index in [0.717, 1.165) is 26.5 Å². The zero-order valence-corrected chi connectivity index (χ0v) is 22.3. The molecular formula is C29H26BrNO6. The van der Waals surface area contributed by atoms with Crippen molar-refractivity contribution >= 4 is 32.8 Å². The molecule has 1 atom stereocenters. The second kappa shape index (κ2) is 10.3. The van der Waals surface area contributed by atoms with E-state index in [4.69, 9.17) is 18.6 Å². The molecule has 0 saturated heterocycles. The van der Waals surface area contributed by atoms with Gasteiger partial charge in [0.2, 0.25) is 0 Å². The Morgan fingerprint density at radius 2 is 1.84 bits per heavy atom. The molecule has 4 aromatic rings. The lowest BCUT2D eigenvalue weighted by Gasteiger charge is -2.37. The van der Waals surface area contributed by atoms with Gasteiger partial charge >= 0.3 is 5.63 Å². The third-order valence-electron chi connectivity index (χ3n) is 6.67. The molecule has 1 aromatic heterocycles. The van der Waals surface area contributed by atoms with Crippen molar-refractivity contribution < 1.29 is 23.4 Å². The summed E-state index contributed by atoms with van der Waals surface area (Å²) in [7, 11) is 3.20. The number of ether oxygens (including phenoxy) is 3. The lowest BCUT2D eigenvalue weighted by Crippen LogP contribution is -2.42. The van der Waals surface area contributed by atoms with Gasteiger partial charge < -0.3 is 23.5 Å². The monoisotopic (exact) mass is 563 g/mol. The third kappa shape index (κ3) is 4.93. The summed E-state index contributed by atoms with van der Waals surface area (Å²) in [6, 6.07) is 17.8. The van der Waals surface area contributed by atoms with E-state index in [-0.39, 0.29) is 18.6 Å². The maximum Gasteiger partial charge on any atom is 0.336 e. The molecule has 1 aliphatic heterocycles. The SMILES string of the molecule is COc1cc2c(cc1OC)C(COc1ccc3c(C)cc(=O)oc3c1)N(C(=O)c1cccc(Br)c1)CC2. The summed E-state index contributed by atoms with van der Waals surface area (Å²) in [6.07, 6.45) is 0.673. The molecule has 190 valence electrons. The standard InChI is InChI=1S/C29H26BrNO6/c1-17-11-28(32)37-25-14-21(7-8-22(17)25)36-16-24-23-15-27(35-3)26(34-2)13-18(23)9-10-31(24)29(33)19-5-4-6-20(30)12-19/h4-8,11-15,24H,9-10,16H2,1-3H3. The van der Waals surface area contributed by atoms with Gasteiger partial charge in [0.25, 0.3) is 5.91 Å². The number of rotatable bonds is 6. The first-order valence-corrected chi connectivity index (χ1v) is 12.7. The predicted octanol–water partition coefficient (Wildman–Crippen LogP) is 5.70. The van der Waals surface area contributed by atoms with Crippen LogP contribution in [0.5, 0.6) is 17.2 Å². The third-order valence-corrected chi connectivity index (χ3v) is 7.16. The first-order chi connectivity index (χ1) is 17.9. The molecule has 3 aromatic carbocycles. The molecule has 0 fully saturated rings. The van der Waals surface area contributed by atoms with Gasteiger partial charge in [-0.2, -0.15) is 0 Å². The number of carbonyl (C=O) groups excluding carboxylic acids is 1. The van der Waals surface area contributed by atoms with E-state index < -0.39 is 5.63 Å². The molecule has 37 heavy (non-hydrogen) atoms. The molecule has 8 heteroatoms. The summed E-state index contributed by atoms with van der Waals surface area (Å²) in [5.74, 6) is 1.69. The topological polar surface area (TPSA) is 78.2 Å². The van der Waals surface area contributed by atoms with Crippen molar-refractivity contribution in [2.45, 2.75) is 19.4 Å². The summed E-state index contributed by atoms with van der Waals surface area (Å²) >= 11 is 3.46. The van der Waals surface area contributed by atoms with Gasteiger partial charge in [-0.3, -0.25) is 4.79 Å². The molecule has 5 rings (SSSR count). The van der Waals surface area contributed by atoms with Gasteiger partial charge in [-0.15, -0.1) is 0 Å². The lowest BCUT2D eigenvalue weighted by molar-refractivity contribution is 0.0589. The minimum Gasteiger partial charge on any atom is -0.493 e. The molecule has 0 radical (unpaired) electrons. The number of halogens is 1. The maximum absolute atomic E-state index is 13.7. The van der Waals surface area contributed by atoms with Gasteiger partial charge in [0.05, 0.1) is 20.3 Å². The molecule has 0 saturated carbocycles. The van der Waals surface area contributed by atoms with Crippen LogP contribution in [0.4, 0.5) is 0 Å². The fraction of sp³-hybridized carbons (Fsp3) is 0.241. The van der Waals surface area contributed by atoms with Crippen molar-refractivity contribution in [1.82, 2.24) is 4.90 Å². The van der Waals surface area contributed by atoms with Crippen LogP contribution < -0.4 is 19.8 Å². The van der Waals surface area contributed by atoms with E-state index >= 15 is 0 Å². The number of benzene rings is 3. The number of aryl methyl sites for hydroxylation is 1. The van der Waals surface area contributed by atoms with Crippen LogP contribution >= 0.6 is 15.9 Å². The van der Waals surface area contributed by atoms with E-state index in [1.165, 1.54) is 6.07 Å². The second-order valence-corrected chi connectivity index (χ2v) is 9.81. The van der Waals surface area contributed by atoms with Crippen molar-refractivity contribution in [3.05, 3.63) is 97.8 Å². The average molecular weight is 564 g/mol. The molecule has 0 spiro atoms. The van der Waals surface area contributed by atoms with E-state index in [9.17, 15) is 9.59 Å². The zero-order valence-electron chi connectivity index (χ0n) is 20.7. The molecule has 7 nitrogen and oxygen atoms in total. The summed E-state index contributed by atoms with van der Waals surface area (Å²) in [4.78, 5) is 27.4. The van der Waals surface area contributed by atoms with Crippen molar-refractivity contribution in [2.24, 2.45) is 0 Å². The minimum absolute atomic E-state index is 0.0875. The number of methoxy groups -OCH3 is 2. The number of carbonyl (C=O) groups is 1. The van der Waals surface area contributed by atoms with Crippen LogP contribution in [0.3, 0.4) is 0 Å². The Bertz CT molecular complexity index is 1550. The van der Waals surface area contributed by atoms with Gasteiger partial charge in [0.1, 0.15) is 17.9 Å². The van der Waals surface area contributed by atoms with Crippen molar-refractivity contribution in [3.8, 4) is 17.2 Å². The summed E-state index contributed by atoms with van der Waals surface area (Å²) in [5, 5.41) is 0.846. The van der Waals surface area contributed by atoms with E-state index in [1.807, 2.05) is 60.4 Å². The molecular weight excluding hydrogens is 538 g/mol. The Balaban J connectivity index is 1.52. The normalized spacial score (nSPS) is 14.8. The van der Waals surface area contributed by atoms with Crippen LogP contribution in [0.1, 0.15) is 33.1 Å². The molecule has 1 aliphatic rings. The Hall–Kier alpha value is -3.78. The molecule has 2 heterocycles. The zero-order chi connectivity index (χ0) is 26.1. The van der Waals surface area contributed by atoms with Gasteiger partial charge in [0, 0.05) is 34.1 Å². The summed E-state index contributed by atoms with van der Waals surface area (Å²) in [6.45, 7) is 2.59. The van der Waals surface area contributed by atoms with Crippen molar-refractivity contribution in [3.63, 3.8) is 0 Å². The quantitative estimate of drug-likeness (QED) is 0.280. The predicted molar refractivity (Wildman–Crippen MR) is 144 cm³/mol. The van der Waals surface area contributed by atoms with Crippen LogP contribution in [-0.4, -0.2) is 38.2 Å². The number of hydrogen-bond donors (Lipinski definition) is 0. The highest BCUT2D eigenvalue weighted by atomic mass is 79.9. The largest absolute Gasteiger partial charge is 0.493 e. The highest BCUT2D eigenvalue weighted by Crippen LogP contribution is 2.39. The van der Waals surface area contributed by atoms with Gasteiger partial charge in [-0.25, -0.2) is 4.79 Å². The molecule has 0 aliphatic carbocycles. The van der Waals surface area contributed by atoms with Crippen molar-refractivity contribution in [2.75, 3.05) is 27.4 Å². The number of nitrogens with zero attached hydrogens (tertiary/aromatic N) is 1. The Labute approximate surface area is 222 Å². The fourth-order valence-electron chi connectivity index (χ4n) is 4.81. The van der Waals surface area contributed by atoms with Crippen LogP contribution in [0, 0.1) is 6.92 Å². The molecule has 1 unspecified atom stereocenters. The average Bonchev–Trinajstić information content (AvgIpc) is 2.90. The highest BCUT2D eigenvalue weighted by Gasteiger charge is 2.33. The Morgan fingerprint density at radius 3 is 2.59 bits per heavy atom. The maximum atomic E-state index is 13.7. The lowest BCUT2D eigenvalue weighted by atomic mass is 9.91. The number of fused-ring (bicyclic) bond motifs is 2.